The van der Waals surface area contributed by atoms with E-state index in [-0.39, 0.29) is 17.6 Å². The first-order valence-electron chi connectivity index (χ1n) is 6.83. The van der Waals surface area contributed by atoms with E-state index in [9.17, 15) is 0 Å². The van der Waals surface area contributed by atoms with Gasteiger partial charge in [-0.3, -0.25) is 0 Å². The van der Waals surface area contributed by atoms with Crippen molar-refractivity contribution in [2.24, 2.45) is 11.1 Å². The summed E-state index contributed by atoms with van der Waals surface area (Å²) in [7, 11) is 1.67. The molecule has 3 nitrogen and oxygen atoms in total. The van der Waals surface area contributed by atoms with Crippen molar-refractivity contribution in [2.75, 3.05) is 13.7 Å². The molecule has 0 aliphatic rings. The van der Waals surface area contributed by atoms with E-state index >= 15 is 0 Å². The van der Waals surface area contributed by atoms with Crippen molar-refractivity contribution in [3.05, 3.63) is 29.3 Å². The van der Waals surface area contributed by atoms with E-state index < -0.39 is 0 Å². The molecule has 0 fully saturated rings. The first-order chi connectivity index (χ1) is 8.81. The Balaban J connectivity index is 3.15. The maximum atomic E-state index is 6.45. The zero-order valence-corrected chi connectivity index (χ0v) is 13.0. The summed E-state index contributed by atoms with van der Waals surface area (Å²) in [6, 6.07) is 5.88. The number of ether oxygens (including phenoxy) is 2. The summed E-state index contributed by atoms with van der Waals surface area (Å²) in [5.74, 6) is 0.826. The van der Waals surface area contributed by atoms with Gasteiger partial charge in [-0.05, 0) is 25.3 Å². The van der Waals surface area contributed by atoms with E-state index in [1.807, 2.05) is 19.1 Å². The molecule has 0 spiro atoms. The quantitative estimate of drug-likeness (QED) is 0.886. The molecule has 0 amide bonds. The molecule has 2 atom stereocenters. The van der Waals surface area contributed by atoms with Gasteiger partial charge in [0.15, 0.2) is 0 Å². The highest BCUT2D eigenvalue weighted by Crippen LogP contribution is 2.35. The fraction of sp³-hybridized carbons (Fsp3) is 0.625. The van der Waals surface area contributed by atoms with Gasteiger partial charge in [-0.25, -0.2) is 0 Å². The Labute approximate surface area is 117 Å². The molecule has 3 heteroatoms. The number of benzene rings is 1. The maximum Gasteiger partial charge on any atom is 0.123 e. The van der Waals surface area contributed by atoms with Gasteiger partial charge >= 0.3 is 0 Å². The van der Waals surface area contributed by atoms with Gasteiger partial charge in [0.05, 0.1) is 19.3 Å². The van der Waals surface area contributed by atoms with Gasteiger partial charge in [-0.15, -0.1) is 0 Å². The highest BCUT2D eigenvalue weighted by atomic mass is 16.5. The Morgan fingerprint density at radius 1 is 1.26 bits per heavy atom. The van der Waals surface area contributed by atoms with Crippen LogP contribution < -0.4 is 10.5 Å². The standard InChI is InChI=1S/C16H27NO2/c1-7-19-15(16(3,4)5)14(17)12-10-11(2)8-9-13(12)18-6/h8-10,14-15H,7,17H2,1-6H3. The van der Waals surface area contributed by atoms with Crippen LogP contribution in [0.25, 0.3) is 0 Å². The second-order valence-corrected chi connectivity index (χ2v) is 6.01. The first kappa shape index (κ1) is 16.0. The van der Waals surface area contributed by atoms with E-state index in [0.717, 1.165) is 11.3 Å². The second kappa shape index (κ2) is 6.40. The molecule has 1 aromatic rings. The Hall–Kier alpha value is -1.06. The lowest BCUT2D eigenvalue weighted by Crippen LogP contribution is -2.39. The predicted molar refractivity (Wildman–Crippen MR) is 79.5 cm³/mol. The van der Waals surface area contributed by atoms with E-state index in [4.69, 9.17) is 15.2 Å². The third-order valence-corrected chi connectivity index (χ3v) is 3.27. The van der Waals surface area contributed by atoms with Crippen LogP contribution in [-0.4, -0.2) is 19.8 Å². The number of hydrogen-bond donors (Lipinski definition) is 1. The lowest BCUT2D eigenvalue weighted by atomic mass is 9.82. The Morgan fingerprint density at radius 3 is 2.37 bits per heavy atom. The number of nitrogens with two attached hydrogens (primary N) is 1. The Bertz CT molecular complexity index is 410. The minimum Gasteiger partial charge on any atom is -0.496 e. The lowest BCUT2D eigenvalue weighted by Gasteiger charge is -2.35. The summed E-state index contributed by atoms with van der Waals surface area (Å²) in [6.07, 6.45) is -0.0480. The minimum absolute atomic E-state index is 0.0236. The van der Waals surface area contributed by atoms with Crippen LogP contribution >= 0.6 is 0 Å². The van der Waals surface area contributed by atoms with Crippen molar-refractivity contribution in [1.29, 1.82) is 0 Å². The van der Waals surface area contributed by atoms with Crippen LogP contribution in [0.15, 0.2) is 18.2 Å². The number of hydrogen-bond acceptors (Lipinski definition) is 3. The molecular formula is C16H27NO2. The van der Waals surface area contributed by atoms with Gasteiger partial charge < -0.3 is 15.2 Å². The molecule has 1 rings (SSSR count). The smallest absolute Gasteiger partial charge is 0.123 e. The van der Waals surface area contributed by atoms with Crippen LogP contribution in [0.3, 0.4) is 0 Å². The molecule has 0 bridgehead atoms. The van der Waals surface area contributed by atoms with Crippen molar-refractivity contribution >= 4 is 0 Å². The summed E-state index contributed by atoms with van der Waals surface area (Å²) in [5, 5.41) is 0. The summed E-state index contributed by atoms with van der Waals surface area (Å²) in [4.78, 5) is 0. The third kappa shape index (κ3) is 3.95. The van der Waals surface area contributed by atoms with Crippen molar-refractivity contribution in [2.45, 2.75) is 46.8 Å². The highest BCUT2D eigenvalue weighted by molar-refractivity contribution is 5.39. The molecule has 0 aliphatic carbocycles. The Morgan fingerprint density at radius 2 is 1.89 bits per heavy atom. The van der Waals surface area contributed by atoms with Crippen LogP contribution in [0.2, 0.25) is 0 Å². The zero-order chi connectivity index (χ0) is 14.6. The van der Waals surface area contributed by atoms with E-state index in [1.54, 1.807) is 7.11 Å². The fourth-order valence-corrected chi connectivity index (χ4v) is 2.35. The topological polar surface area (TPSA) is 44.5 Å². The maximum absolute atomic E-state index is 6.45. The molecule has 108 valence electrons. The van der Waals surface area contributed by atoms with Crippen LogP contribution in [0, 0.1) is 12.3 Å². The van der Waals surface area contributed by atoms with Crippen molar-refractivity contribution in [1.82, 2.24) is 0 Å². The van der Waals surface area contributed by atoms with Crippen molar-refractivity contribution < 1.29 is 9.47 Å². The molecule has 2 N–H and O–H groups in total. The molecule has 2 unspecified atom stereocenters. The second-order valence-electron chi connectivity index (χ2n) is 6.01. The number of aryl methyl sites for hydroxylation is 1. The Kier molecular flexibility index (Phi) is 5.39. The largest absolute Gasteiger partial charge is 0.496 e. The van der Waals surface area contributed by atoms with E-state index in [0.29, 0.717) is 6.61 Å². The van der Waals surface area contributed by atoms with Crippen molar-refractivity contribution in [3.8, 4) is 5.75 Å². The van der Waals surface area contributed by atoms with Gasteiger partial charge in [0.2, 0.25) is 0 Å². The average Bonchev–Trinajstić information content (AvgIpc) is 2.33. The van der Waals surface area contributed by atoms with Crippen molar-refractivity contribution in [3.63, 3.8) is 0 Å². The molecule has 0 aromatic heterocycles. The molecular weight excluding hydrogens is 238 g/mol. The molecule has 0 saturated carbocycles. The summed E-state index contributed by atoms with van der Waals surface area (Å²) < 4.78 is 11.3. The molecule has 19 heavy (non-hydrogen) atoms. The average molecular weight is 265 g/mol. The van der Waals surface area contributed by atoms with Gasteiger partial charge in [0.1, 0.15) is 5.75 Å². The van der Waals surface area contributed by atoms with Crippen LogP contribution in [0.1, 0.15) is 44.9 Å². The van der Waals surface area contributed by atoms with Gasteiger partial charge in [-0.1, -0.05) is 38.5 Å². The van der Waals surface area contributed by atoms with E-state index in [2.05, 4.69) is 33.8 Å². The van der Waals surface area contributed by atoms with Gasteiger partial charge in [-0.2, -0.15) is 0 Å². The minimum atomic E-state index is -0.199. The van der Waals surface area contributed by atoms with Gasteiger partial charge in [0.25, 0.3) is 0 Å². The summed E-state index contributed by atoms with van der Waals surface area (Å²) in [6.45, 7) is 11.2. The van der Waals surface area contributed by atoms with Crippen LogP contribution in [0.4, 0.5) is 0 Å². The summed E-state index contributed by atoms with van der Waals surface area (Å²) in [5.41, 5.74) is 8.61. The molecule has 0 radical (unpaired) electrons. The number of rotatable bonds is 5. The monoisotopic (exact) mass is 265 g/mol. The third-order valence-electron chi connectivity index (χ3n) is 3.27. The first-order valence-corrected chi connectivity index (χ1v) is 6.83. The lowest BCUT2D eigenvalue weighted by molar-refractivity contribution is -0.0286. The van der Waals surface area contributed by atoms with E-state index in [1.165, 1.54) is 5.56 Å². The van der Waals surface area contributed by atoms with Gasteiger partial charge in [0, 0.05) is 12.2 Å². The molecule has 0 saturated heterocycles. The van der Waals surface area contributed by atoms with Crippen LogP contribution in [0.5, 0.6) is 5.75 Å². The molecule has 0 aliphatic heterocycles. The SMILES string of the molecule is CCOC(C(N)c1cc(C)ccc1OC)C(C)(C)C. The summed E-state index contributed by atoms with van der Waals surface area (Å²) >= 11 is 0. The predicted octanol–water partition coefficient (Wildman–Crippen LogP) is 3.45. The number of methoxy groups -OCH3 is 1. The zero-order valence-electron chi connectivity index (χ0n) is 13.0. The molecule has 1 aromatic carbocycles. The van der Waals surface area contributed by atoms with Crippen LogP contribution in [-0.2, 0) is 4.74 Å². The highest BCUT2D eigenvalue weighted by Gasteiger charge is 2.33. The fourth-order valence-electron chi connectivity index (χ4n) is 2.35. The normalized spacial score (nSPS) is 15.1. The molecule has 0 heterocycles.